The van der Waals surface area contributed by atoms with Crippen LogP contribution in [0.1, 0.15) is 39.6 Å². The average Bonchev–Trinajstić information content (AvgIpc) is 3.07. The summed E-state index contributed by atoms with van der Waals surface area (Å²) < 4.78 is 4.71. The Balaban J connectivity index is 1.51. The molecule has 2 saturated heterocycles. The number of amides is 1. The van der Waals surface area contributed by atoms with Crippen LogP contribution in [0.2, 0.25) is 0 Å². The Morgan fingerprint density at radius 3 is 2.59 bits per heavy atom. The van der Waals surface area contributed by atoms with Gasteiger partial charge in [-0.15, -0.1) is 11.3 Å². The van der Waals surface area contributed by atoms with Gasteiger partial charge >= 0.3 is 5.97 Å². The number of carbonyl (C=O) groups is 2. The fourth-order valence-electron chi connectivity index (χ4n) is 3.76. The summed E-state index contributed by atoms with van der Waals surface area (Å²) in [5, 5.41) is 4.48. The predicted molar refractivity (Wildman–Crippen MR) is 105 cm³/mol. The second kappa shape index (κ2) is 9.61. The molecule has 1 amide bonds. The summed E-state index contributed by atoms with van der Waals surface area (Å²) in [6, 6.07) is 0. The molecule has 0 spiro atoms. The Bertz CT molecular complexity index is 649. The van der Waals surface area contributed by atoms with Crippen LogP contribution in [0.3, 0.4) is 0 Å². The molecule has 3 heterocycles. The molecule has 8 heteroatoms. The van der Waals surface area contributed by atoms with Gasteiger partial charge in [0.25, 0.3) is 5.91 Å². The molecule has 1 aromatic rings. The van der Waals surface area contributed by atoms with E-state index in [1.165, 1.54) is 20.0 Å². The van der Waals surface area contributed by atoms with Crippen LogP contribution in [0, 0.1) is 12.8 Å². The molecule has 0 aromatic carbocycles. The number of hydrogen-bond acceptors (Lipinski definition) is 7. The van der Waals surface area contributed by atoms with Gasteiger partial charge in [0.05, 0.1) is 24.4 Å². The van der Waals surface area contributed by atoms with Crippen molar-refractivity contribution < 1.29 is 14.3 Å². The van der Waals surface area contributed by atoms with Gasteiger partial charge in [-0.3, -0.25) is 14.5 Å². The minimum atomic E-state index is -0.230. The van der Waals surface area contributed by atoms with Crippen molar-refractivity contribution in [1.29, 1.82) is 0 Å². The lowest BCUT2D eigenvalue weighted by Crippen LogP contribution is -2.50. The molecule has 2 aliphatic heterocycles. The number of rotatable bonds is 6. The van der Waals surface area contributed by atoms with Crippen LogP contribution in [0.5, 0.6) is 0 Å². The topological polar surface area (TPSA) is 74.8 Å². The molecular formula is C19H30N4O3S. The fraction of sp³-hybridized carbons (Fsp3) is 0.737. The number of esters is 1. The molecule has 0 unspecified atom stereocenters. The van der Waals surface area contributed by atoms with Gasteiger partial charge in [-0.2, -0.15) is 0 Å². The number of nitrogens with zero attached hydrogens (tertiary/aromatic N) is 3. The molecule has 7 nitrogen and oxygen atoms in total. The van der Waals surface area contributed by atoms with Crippen LogP contribution in [0.4, 0.5) is 0 Å². The lowest BCUT2D eigenvalue weighted by molar-refractivity contribution is -0.142. The summed E-state index contributed by atoms with van der Waals surface area (Å²) in [6.45, 7) is 7.13. The lowest BCUT2D eigenvalue weighted by Gasteiger charge is -2.33. The maximum Gasteiger partial charge on any atom is 0.319 e. The molecule has 1 aromatic heterocycles. The number of thiazole rings is 1. The highest BCUT2D eigenvalue weighted by atomic mass is 32.1. The molecule has 0 atom stereocenters. The van der Waals surface area contributed by atoms with Crippen molar-refractivity contribution in [1.82, 2.24) is 20.1 Å². The van der Waals surface area contributed by atoms with Crippen LogP contribution in [-0.2, 0) is 16.0 Å². The van der Waals surface area contributed by atoms with E-state index in [1.54, 1.807) is 11.3 Å². The maximum absolute atomic E-state index is 12.9. The van der Waals surface area contributed by atoms with Gasteiger partial charge in [-0.1, -0.05) is 0 Å². The summed E-state index contributed by atoms with van der Waals surface area (Å²) in [4.78, 5) is 33.6. The zero-order valence-electron chi connectivity index (χ0n) is 16.3. The van der Waals surface area contributed by atoms with Crippen LogP contribution in [-0.4, -0.2) is 79.6 Å². The number of piperidine rings is 1. The Kier molecular flexibility index (Phi) is 7.20. The van der Waals surface area contributed by atoms with E-state index in [2.05, 4.69) is 10.3 Å². The first-order chi connectivity index (χ1) is 13.1. The minimum Gasteiger partial charge on any atom is -0.468 e. The summed E-state index contributed by atoms with van der Waals surface area (Å²) in [5.41, 5.74) is 0.849. The minimum absolute atomic E-state index is 0.0795. The van der Waals surface area contributed by atoms with E-state index in [0.717, 1.165) is 47.4 Å². The standard InChI is InChI=1S/C19H30N4O3S/c1-14-18(27-16(21-14)4-3-15-5-7-20-8-6-15)19(25)23-11-9-22(10-12-23)13-17(24)26-2/h15,20H,3-13H2,1-2H3. The zero-order valence-corrected chi connectivity index (χ0v) is 17.1. The molecule has 0 aliphatic carbocycles. The van der Waals surface area contributed by atoms with Crippen molar-refractivity contribution >= 4 is 23.2 Å². The number of methoxy groups -OCH3 is 1. The van der Waals surface area contributed by atoms with Crippen LogP contribution in [0.25, 0.3) is 0 Å². The summed E-state index contributed by atoms with van der Waals surface area (Å²) >= 11 is 1.56. The van der Waals surface area contributed by atoms with Gasteiger partial charge in [0.1, 0.15) is 4.88 Å². The first kappa shape index (κ1) is 20.2. The molecule has 0 bridgehead atoms. The zero-order chi connectivity index (χ0) is 19.2. The SMILES string of the molecule is COC(=O)CN1CCN(C(=O)c2sc(CCC3CCNCC3)nc2C)CC1. The molecule has 27 heavy (non-hydrogen) atoms. The van der Waals surface area contributed by atoms with E-state index >= 15 is 0 Å². The molecule has 150 valence electrons. The molecular weight excluding hydrogens is 364 g/mol. The highest BCUT2D eigenvalue weighted by molar-refractivity contribution is 7.13. The number of hydrogen-bond donors (Lipinski definition) is 1. The van der Waals surface area contributed by atoms with Gasteiger partial charge in [0.15, 0.2) is 0 Å². The van der Waals surface area contributed by atoms with Crippen LogP contribution >= 0.6 is 11.3 Å². The number of aromatic nitrogens is 1. The molecule has 3 rings (SSSR count). The highest BCUT2D eigenvalue weighted by Gasteiger charge is 2.26. The third-order valence-corrected chi connectivity index (χ3v) is 6.71. The van der Waals surface area contributed by atoms with Gasteiger partial charge in [-0.05, 0) is 51.6 Å². The predicted octanol–water partition coefficient (Wildman–Crippen LogP) is 1.31. The second-order valence-corrected chi connectivity index (χ2v) is 8.48. The Labute approximate surface area is 165 Å². The summed E-state index contributed by atoms with van der Waals surface area (Å²) in [6.07, 6.45) is 4.61. The van der Waals surface area contributed by atoms with Gasteiger partial charge in [-0.25, -0.2) is 4.98 Å². The molecule has 2 fully saturated rings. The van der Waals surface area contributed by atoms with Crippen LogP contribution < -0.4 is 5.32 Å². The van der Waals surface area contributed by atoms with Crippen molar-refractivity contribution in [3.05, 3.63) is 15.6 Å². The first-order valence-electron chi connectivity index (χ1n) is 9.82. The molecule has 0 radical (unpaired) electrons. The number of nitrogens with one attached hydrogen (secondary N) is 1. The third kappa shape index (κ3) is 5.49. The normalized spacial score (nSPS) is 19.3. The van der Waals surface area contributed by atoms with Gasteiger partial charge < -0.3 is 15.0 Å². The Morgan fingerprint density at radius 1 is 1.22 bits per heavy atom. The molecule has 0 saturated carbocycles. The van der Waals surface area contributed by atoms with E-state index in [4.69, 9.17) is 4.74 Å². The number of carbonyl (C=O) groups excluding carboxylic acids is 2. The Hall–Kier alpha value is -1.51. The quantitative estimate of drug-likeness (QED) is 0.734. The molecule has 1 N–H and O–H groups in total. The van der Waals surface area contributed by atoms with Crippen molar-refractivity contribution in [3.63, 3.8) is 0 Å². The van der Waals surface area contributed by atoms with Crippen molar-refractivity contribution in [2.24, 2.45) is 5.92 Å². The average molecular weight is 395 g/mol. The Morgan fingerprint density at radius 2 is 1.93 bits per heavy atom. The first-order valence-corrected chi connectivity index (χ1v) is 10.6. The van der Waals surface area contributed by atoms with E-state index in [0.29, 0.717) is 32.7 Å². The lowest BCUT2D eigenvalue weighted by atomic mass is 9.93. The molecule has 2 aliphatic rings. The van der Waals surface area contributed by atoms with E-state index in [9.17, 15) is 9.59 Å². The van der Waals surface area contributed by atoms with E-state index in [1.807, 2.05) is 16.7 Å². The highest BCUT2D eigenvalue weighted by Crippen LogP contribution is 2.25. The van der Waals surface area contributed by atoms with Crippen molar-refractivity contribution in [3.8, 4) is 0 Å². The second-order valence-electron chi connectivity index (χ2n) is 7.40. The smallest absolute Gasteiger partial charge is 0.319 e. The number of piperazine rings is 1. The van der Waals surface area contributed by atoms with Gasteiger partial charge in [0, 0.05) is 26.2 Å². The van der Waals surface area contributed by atoms with Gasteiger partial charge in [0.2, 0.25) is 0 Å². The summed E-state index contributed by atoms with van der Waals surface area (Å²) in [5.74, 6) is 0.625. The summed E-state index contributed by atoms with van der Waals surface area (Å²) in [7, 11) is 1.40. The fourth-order valence-corrected chi connectivity index (χ4v) is 4.80. The van der Waals surface area contributed by atoms with Crippen molar-refractivity contribution in [2.45, 2.75) is 32.6 Å². The maximum atomic E-state index is 12.9. The largest absolute Gasteiger partial charge is 0.468 e. The van der Waals surface area contributed by atoms with E-state index in [-0.39, 0.29) is 11.9 Å². The van der Waals surface area contributed by atoms with Crippen molar-refractivity contribution in [2.75, 3.05) is 52.9 Å². The monoisotopic (exact) mass is 394 g/mol. The third-order valence-electron chi connectivity index (χ3n) is 5.50. The number of ether oxygens (including phenoxy) is 1. The van der Waals surface area contributed by atoms with Crippen LogP contribution in [0.15, 0.2) is 0 Å². The number of aryl methyl sites for hydroxylation is 2. The van der Waals surface area contributed by atoms with E-state index < -0.39 is 0 Å².